The molecule has 1 unspecified atom stereocenters. The van der Waals surface area contributed by atoms with Crippen molar-refractivity contribution in [2.24, 2.45) is 5.73 Å². The van der Waals surface area contributed by atoms with E-state index in [1.807, 2.05) is 12.1 Å². The number of nitriles is 1. The minimum Gasteiger partial charge on any atom is -0.387 e. The number of primary amides is 1. The molecule has 0 aliphatic heterocycles. The lowest BCUT2D eigenvalue weighted by Crippen LogP contribution is -2.36. The molecule has 0 bridgehead atoms. The minimum atomic E-state index is -3.82. The highest BCUT2D eigenvalue weighted by Gasteiger charge is 2.17. The van der Waals surface area contributed by atoms with Crippen molar-refractivity contribution >= 4 is 27.4 Å². The summed E-state index contributed by atoms with van der Waals surface area (Å²) in [5.74, 6) is 0. The number of aliphatic hydroxyl groups excluding tert-OH is 1. The fourth-order valence-corrected chi connectivity index (χ4v) is 5.29. The number of hydrogen-bond donors (Lipinski definition) is 4. The number of nitrogens with one attached hydrogen (secondary N) is 2. The molecular formula is C30H37N5O4S. The molecule has 3 aromatic carbocycles. The summed E-state index contributed by atoms with van der Waals surface area (Å²) >= 11 is 0. The van der Waals surface area contributed by atoms with Crippen LogP contribution in [-0.4, -0.2) is 39.2 Å². The number of benzene rings is 3. The van der Waals surface area contributed by atoms with E-state index in [2.05, 4.69) is 23.0 Å². The number of urea groups is 1. The molecule has 1 atom stereocenters. The zero-order valence-electron chi connectivity index (χ0n) is 22.7. The van der Waals surface area contributed by atoms with Gasteiger partial charge in [-0.3, -0.25) is 9.62 Å². The van der Waals surface area contributed by atoms with Crippen LogP contribution in [0.2, 0.25) is 0 Å². The maximum Gasteiger partial charge on any atom is 0.319 e. The van der Waals surface area contributed by atoms with Crippen molar-refractivity contribution in [2.75, 3.05) is 29.3 Å². The van der Waals surface area contributed by atoms with Gasteiger partial charge in [-0.25, -0.2) is 13.2 Å². The Labute approximate surface area is 236 Å². The molecule has 0 saturated carbocycles. The first-order chi connectivity index (χ1) is 19.2. The van der Waals surface area contributed by atoms with E-state index in [4.69, 9.17) is 11.0 Å². The summed E-state index contributed by atoms with van der Waals surface area (Å²) in [5.41, 5.74) is 8.73. The molecule has 9 nitrogen and oxygen atoms in total. The topological polar surface area (TPSA) is 149 Å². The Morgan fingerprint density at radius 2 is 1.77 bits per heavy atom. The predicted octanol–water partition coefficient (Wildman–Crippen LogP) is 4.69. The molecule has 10 heteroatoms. The second kappa shape index (κ2) is 15.0. The van der Waals surface area contributed by atoms with Crippen LogP contribution in [0.3, 0.4) is 0 Å². The predicted molar refractivity (Wildman–Crippen MR) is 157 cm³/mol. The van der Waals surface area contributed by atoms with Crippen LogP contribution in [0.5, 0.6) is 0 Å². The minimum absolute atomic E-state index is 0.0822. The highest BCUT2D eigenvalue weighted by atomic mass is 32.2. The van der Waals surface area contributed by atoms with E-state index < -0.39 is 22.2 Å². The fourth-order valence-electron chi connectivity index (χ4n) is 4.23. The molecule has 3 rings (SSSR count). The van der Waals surface area contributed by atoms with Gasteiger partial charge < -0.3 is 16.2 Å². The Balaban J connectivity index is 1.50. The largest absolute Gasteiger partial charge is 0.387 e. The number of nitrogens with two attached hydrogens (primary N) is 1. The Kier molecular flexibility index (Phi) is 11.5. The zero-order valence-corrected chi connectivity index (χ0v) is 23.5. The Morgan fingerprint density at radius 1 is 1.05 bits per heavy atom. The van der Waals surface area contributed by atoms with Crippen molar-refractivity contribution in [3.63, 3.8) is 0 Å². The van der Waals surface area contributed by atoms with Crippen molar-refractivity contribution < 1.29 is 18.3 Å². The number of unbranched alkanes of at least 4 members (excludes halogenated alkanes) is 3. The van der Waals surface area contributed by atoms with E-state index in [1.165, 1.54) is 17.0 Å². The molecule has 0 saturated heterocycles. The second-order valence-corrected chi connectivity index (χ2v) is 11.2. The molecule has 0 radical (unpaired) electrons. The summed E-state index contributed by atoms with van der Waals surface area (Å²) in [4.78, 5) is 13.4. The van der Waals surface area contributed by atoms with Crippen LogP contribution < -0.4 is 20.7 Å². The van der Waals surface area contributed by atoms with E-state index in [0.29, 0.717) is 48.6 Å². The average Bonchev–Trinajstić information content (AvgIpc) is 2.96. The van der Waals surface area contributed by atoms with Gasteiger partial charge in [0.2, 0.25) is 0 Å². The summed E-state index contributed by atoms with van der Waals surface area (Å²) in [7, 11) is -3.82. The first-order valence-corrected chi connectivity index (χ1v) is 14.9. The molecular weight excluding hydrogens is 526 g/mol. The van der Waals surface area contributed by atoms with Gasteiger partial charge >= 0.3 is 6.03 Å². The van der Waals surface area contributed by atoms with Gasteiger partial charge in [-0.15, -0.1) is 0 Å². The van der Waals surface area contributed by atoms with Gasteiger partial charge in [0.05, 0.1) is 22.6 Å². The molecule has 212 valence electrons. The number of hydrogen-bond acceptors (Lipinski definition) is 6. The third-order valence-electron chi connectivity index (χ3n) is 6.49. The summed E-state index contributed by atoms with van der Waals surface area (Å²) in [6, 6.07) is 21.6. The van der Waals surface area contributed by atoms with Gasteiger partial charge in [0.25, 0.3) is 10.0 Å². The standard InChI is InChI=1S/C30H37N5O4S/c1-2-3-4-5-19-35(30(32)37)27-13-15-28(16-14-27)40(38,39)34-26-11-9-23(10-12-26)17-18-33-22-29(36)25-8-6-7-24(20-25)21-31/h6-16,20,29,33-34,36H,2-5,17-19,22H2,1H3,(H2,32,37). The molecule has 0 aromatic heterocycles. The number of anilines is 2. The maximum atomic E-state index is 12.9. The van der Waals surface area contributed by atoms with Crippen LogP contribution in [0.4, 0.5) is 16.2 Å². The van der Waals surface area contributed by atoms with Crippen molar-refractivity contribution in [2.45, 2.75) is 50.0 Å². The van der Waals surface area contributed by atoms with Crippen molar-refractivity contribution in [3.8, 4) is 6.07 Å². The van der Waals surface area contributed by atoms with E-state index >= 15 is 0 Å². The number of carbonyl (C=O) groups is 1. The third kappa shape index (κ3) is 9.09. The average molecular weight is 564 g/mol. The molecule has 0 aliphatic rings. The lowest BCUT2D eigenvalue weighted by Gasteiger charge is -2.21. The molecule has 5 N–H and O–H groups in total. The van der Waals surface area contributed by atoms with Crippen LogP contribution >= 0.6 is 0 Å². The Hall–Kier alpha value is -3.91. The smallest absolute Gasteiger partial charge is 0.319 e. The number of nitrogens with zero attached hydrogens (tertiary/aromatic N) is 2. The number of rotatable bonds is 15. The van der Waals surface area contributed by atoms with Crippen molar-refractivity contribution in [1.82, 2.24) is 5.32 Å². The quantitative estimate of drug-likeness (QED) is 0.197. The van der Waals surface area contributed by atoms with Crippen molar-refractivity contribution in [3.05, 3.63) is 89.5 Å². The second-order valence-electron chi connectivity index (χ2n) is 9.55. The molecule has 40 heavy (non-hydrogen) atoms. The van der Waals surface area contributed by atoms with E-state index in [1.54, 1.807) is 48.5 Å². The van der Waals surface area contributed by atoms with Crippen LogP contribution in [-0.2, 0) is 16.4 Å². The summed E-state index contributed by atoms with van der Waals surface area (Å²) < 4.78 is 28.4. The van der Waals surface area contributed by atoms with Crippen LogP contribution in [0.25, 0.3) is 0 Å². The lowest BCUT2D eigenvalue weighted by atomic mass is 10.1. The SMILES string of the molecule is CCCCCCN(C(N)=O)c1ccc(S(=O)(=O)Nc2ccc(CCNCC(O)c3cccc(C#N)c3)cc2)cc1. The van der Waals surface area contributed by atoms with Gasteiger partial charge in [0.15, 0.2) is 0 Å². The molecule has 0 spiro atoms. The fraction of sp³-hybridized carbons (Fsp3) is 0.333. The number of amides is 2. The van der Waals surface area contributed by atoms with Gasteiger partial charge in [-0.1, -0.05) is 50.5 Å². The first kappa shape index (κ1) is 30.6. The van der Waals surface area contributed by atoms with Crippen LogP contribution in [0, 0.1) is 11.3 Å². The highest BCUT2D eigenvalue weighted by Crippen LogP contribution is 2.22. The van der Waals surface area contributed by atoms with Gasteiger partial charge in [0, 0.05) is 24.5 Å². The van der Waals surface area contributed by atoms with Gasteiger partial charge in [0.1, 0.15) is 0 Å². The van der Waals surface area contributed by atoms with Crippen LogP contribution in [0.15, 0.2) is 77.7 Å². The summed E-state index contributed by atoms with van der Waals surface area (Å²) in [6.45, 7) is 3.56. The maximum absolute atomic E-state index is 12.9. The molecule has 2 amide bonds. The molecule has 3 aromatic rings. The monoisotopic (exact) mass is 563 g/mol. The summed E-state index contributed by atoms with van der Waals surface area (Å²) in [6.07, 6.45) is 3.95. The molecule has 0 aliphatic carbocycles. The van der Waals surface area contributed by atoms with E-state index in [0.717, 1.165) is 31.2 Å². The normalized spacial score (nSPS) is 11.9. The zero-order chi connectivity index (χ0) is 29.0. The number of aliphatic hydroxyl groups is 1. The van der Waals surface area contributed by atoms with Crippen molar-refractivity contribution in [1.29, 1.82) is 5.26 Å². The Bertz CT molecular complexity index is 1390. The van der Waals surface area contributed by atoms with Gasteiger partial charge in [-0.05, 0) is 79.0 Å². The van der Waals surface area contributed by atoms with Crippen LogP contribution in [0.1, 0.15) is 55.4 Å². The van der Waals surface area contributed by atoms with E-state index in [-0.39, 0.29) is 4.90 Å². The molecule has 0 heterocycles. The van der Waals surface area contributed by atoms with Gasteiger partial charge in [-0.2, -0.15) is 5.26 Å². The third-order valence-corrected chi connectivity index (χ3v) is 7.89. The summed E-state index contributed by atoms with van der Waals surface area (Å²) in [5, 5.41) is 22.5. The number of carbonyl (C=O) groups excluding carboxylic acids is 1. The first-order valence-electron chi connectivity index (χ1n) is 13.4. The number of sulfonamides is 1. The van der Waals surface area contributed by atoms with E-state index in [9.17, 15) is 18.3 Å². The molecule has 0 fully saturated rings. The Morgan fingerprint density at radius 3 is 2.42 bits per heavy atom. The highest BCUT2D eigenvalue weighted by molar-refractivity contribution is 7.92. The lowest BCUT2D eigenvalue weighted by molar-refractivity contribution is 0.175.